The van der Waals surface area contributed by atoms with Gasteiger partial charge in [-0.25, -0.2) is 0 Å². The van der Waals surface area contributed by atoms with Gasteiger partial charge in [0.15, 0.2) is 0 Å². The molecule has 1 fully saturated rings. The predicted molar refractivity (Wildman–Crippen MR) is 69.8 cm³/mol. The minimum absolute atomic E-state index is 0.0716. The molecule has 1 aromatic rings. The first-order chi connectivity index (χ1) is 7.57. The second kappa shape index (κ2) is 4.38. The fraction of sp³-hybridized carbons (Fsp3) is 0.538. The largest absolute Gasteiger partial charge is 0.507 e. The fourth-order valence-corrected chi connectivity index (χ4v) is 2.98. The average Bonchev–Trinajstić information content (AvgIpc) is 2.69. The summed E-state index contributed by atoms with van der Waals surface area (Å²) in [6.07, 6.45) is 3.11. The van der Waals surface area contributed by atoms with Crippen LogP contribution in [-0.4, -0.2) is 11.7 Å². The molecule has 0 aromatic heterocycles. The third kappa shape index (κ3) is 1.98. The zero-order chi connectivity index (χ0) is 11.8. The maximum atomic E-state index is 10.3. The number of nitrogens with one attached hydrogen (secondary N) is 1. The van der Waals surface area contributed by atoms with E-state index in [0.717, 1.165) is 35.0 Å². The Kier molecular flexibility index (Phi) is 3.27. The van der Waals surface area contributed by atoms with Crippen LogP contribution in [0.5, 0.6) is 5.75 Å². The summed E-state index contributed by atoms with van der Waals surface area (Å²) in [6.45, 7) is 5.26. The molecule has 0 radical (unpaired) electrons. The first-order valence-electron chi connectivity index (χ1n) is 5.84. The number of phenols is 1. The van der Waals surface area contributed by atoms with Crippen LogP contribution in [0.4, 0.5) is 0 Å². The first kappa shape index (κ1) is 11.9. The summed E-state index contributed by atoms with van der Waals surface area (Å²) in [4.78, 5) is 0. The molecule has 0 spiro atoms. The SMILES string of the molecule is CCc1cc(Br)cc(C2(C)CCCN2)c1O. The van der Waals surface area contributed by atoms with E-state index in [1.165, 1.54) is 6.42 Å². The van der Waals surface area contributed by atoms with Gasteiger partial charge in [0, 0.05) is 15.6 Å². The summed E-state index contributed by atoms with van der Waals surface area (Å²) in [5.41, 5.74) is 1.97. The molecule has 1 atom stereocenters. The Balaban J connectivity index is 2.51. The molecule has 1 aliphatic heterocycles. The Morgan fingerprint density at radius 1 is 1.50 bits per heavy atom. The minimum Gasteiger partial charge on any atom is -0.507 e. The van der Waals surface area contributed by atoms with Crippen LogP contribution < -0.4 is 5.32 Å². The van der Waals surface area contributed by atoms with Gasteiger partial charge in [0.25, 0.3) is 0 Å². The van der Waals surface area contributed by atoms with Crippen LogP contribution in [-0.2, 0) is 12.0 Å². The lowest BCUT2D eigenvalue weighted by molar-refractivity contribution is 0.391. The van der Waals surface area contributed by atoms with Crippen molar-refractivity contribution in [1.29, 1.82) is 0 Å². The number of aryl methyl sites for hydroxylation is 1. The van der Waals surface area contributed by atoms with Crippen LogP contribution in [0.3, 0.4) is 0 Å². The summed E-state index contributed by atoms with van der Waals surface area (Å²) in [7, 11) is 0. The number of hydrogen-bond acceptors (Lipinski definition) is 2. The van der Waals surface area contributed by atoms with E-state index in [2.05, 4.69) is 35.1 Å². The van der Waals surface area contributed by atoms with Gasteiger partial charge >= 0.3 is 0 Å². The Morgan fingerprint density at radius 2 is 2.25 bits per heavy atom. The molecule has 1 aromatic carbocycles. The number of hydrogen-bond donors (Lipinski definition) is 2. The molecule has 0 amide bonds. The summed E-state index contributed by atoms with van der Waals surface area (Å²) in [5.74, 6) is 0.461. The predicted octanol–water partition coefficient (Wildman–Crippen LogP) is 3.32. The van der Waals surface area contributed by atoms with E-state index >= 15 is 0 Å². The number of rotatable bonds is 2. The van der Waals surface area contributed by atoms with E-state index in [4.69, 9.17) is 0 Å². The second-order valence-corrected chi connectivity index (χ2v) is 5.59. The van der Waals surface area contributed by atoms with Crippen LogP contribution in [0.1, 0.15) is 37.8 Å². The van der Waals surface area contributed by atoms with Gasteiger partial charge < -0.3 is 10.4 Å². The Morgan fingerprint density at radius 3 is 2.81 bits per heavy atom. The lowest BCUT2D eigenvalue weighted by Crippen LogP contribution is -2.33. The zero-order valence-corrected chi connectivity index (χ0v) is 11.4. The third-order valence-corrected chi connectivity index (χ3v) is 3.96. The molecule has 2 N–H and O–H groups in total. The normalized spacial score (nSPS) is 24.9. The lowest BCUT2D eigenvalue weighted by atomic mass is 9.88. The van der Waals surface area contributed by atoms with E-state index < -0.39 is 0 Å². The summed E-state index contributed by atoms with van der Waals surface area (Å²) in [5, 5.41) is 13.8. The number of halogens is 1. The molecular formula is C13H18BrNO. The quantitative estimate of drug-likeness (QED) is 0.873. The van der Waals surface area contributed by atoms with Crippen LogP contribution in [0.15, 0.2) is 16.6 Å². The molecule has 88 valence electrons. The maximum absolute atomic E-state index is 10.3. The molecule has 0 saturated carbocycles. The van der Waals surface area contributed by atoms with Gasteiger partial charge in [-0.3, -0.25) is 0 Å². The van der Waals surface area contributed by atoms with Crippen molar-refractivity contribution >= 4 is 15.9 Å². The fourth-order valence-electron chi connectivity index (χ4n) is 2.47. The Hall–Kier alpha value is -0.540. The van der Waals surface area contributed by atoms with Crippen molar-refractivity contribution in [1.82, 2.24) is 5.32 Å². The summed E-state index contributed by atoms with van der Waals surface area (Å²) in [6, 6.07) is 4.03. The Labute approximate surface area is 105 Å². The third-order valence-electron chi connectivity index (χ3n) is 3.50. The van der Waals surface area contributed by atoms with Gasteiger partial charge in [-0.2, -0.15) is 0 Å². The summed E-state index contributed by atoms with van der Waals surface area (Å²) < 4.78 is 1.05. The van der Waals surface area contributed by atoms with Gasteiger partial charge in [-0.05, 0) is 50.4 Å². The van der Waals surface area contributed by atoms with Gasteiger partial charge in [0.2, 0.25) is 0 Å². The van der Waals surface area contributed by atoms with Crippen molar-refractivity contribution in [3.63, 3.8) is 0 Å². The second-order valence-electron chi connectivity index (χ2n) is 4.68. The number of benzene rings is 1. The van der Waals surface area contributed by atoms with Gasteiger partial charge in [0.05, 0.1) is 0 Å². The number of aromatic hydroxyl groups is 1. The van der Waals surface area contributed by atoms with E-state index in [9.17, 15) is 5.11 Å². The molecule has 2 nitrogen and oxygen atoms in total. The van der Waals surface area contributed by atoms with Crippen molar-refractivity contribution in [2.45, 2.75) is 38.6 Å². The monoisotopic (exact) mass is 283 g/mol. The highest BCUT2D eigenvalue weighted by atomic mass is 79.9. The van der Waals surface area contributed by atoms with Crippen LogP contribution in [0.25, 0.3) is 0 Å². The standard InChI is InChI=1S/C13H18BrNO/c1-3-9-7-10(14)8-11(12(9)16)13(2)5-4-6-15-13/h7-8,15-16H,3-6H2,1-2H3. The van der Waals surface area contributed by atoms with E-state index in [1.54, 1.807) is 0 Å². The molecule has 0 bridgehead atoms. The van der Waals surface area contributed by atoms with E-state index in [1.807, 2.05) is 12.1 Å². The zero-order valence-electron chi connectivity index (χ0n) is 9.81. The van der Waals surface area contributed by atoms with Crippen molar-refractivity contribution in [2.24, 2.45) is 0 Å². The molecule has 0 aliphatic carbocycles. The van der Waals surface area contributed by atoms with E-state index in [-0.39, 0.29) is 5.54 Å². The van der Waals surface area contributed by atoms with Crippen molar-refractivity contribution < 1.29 is 5.11 Å². The molecule has 1 aliphatic rings. The van der Waals surface area contributed by atoms with Crippen molar-refractivity contribution in [3.8, 4) is 5.75 Å². The average molecular weight is 284 g/mol. The lowest BCUT2D eigenvalue weighted by Gasteiger charge is -2.27. The van der Waals surface area contributed by atoms with Gasteiger partial charge in [-0.15, -0.1) is 0 Å². The molecule has 1 unspecified atom stereocenters. The highest BCUT2D eigenvalue weighted by Crippen LogP contribution is 2.39. The molecular weight excluding hydrogens is 266 g/mol. The molecule has 3 heteroatoms. The molecule has 2 rings (SSSR count). The highest BCUT2D eigenvalue weighted by molar-refractivity contribution is 9.10. The van der Waals surface area contributed by atoms with E-state index in [0.29, 0.717) is 5.75 Å². The van der Waals surface area contributed by atoms with Crippen LogP contribution in [0.2, 0.25) is 0 Å². The van der Waals surface area contributed by atoms with Gasteiger partial charge in [0.1, 0.15) is 5.75 Å². The van der Waals surface area contributed by atoms with Crippen molar-refractivity contribution in [3.05, 3.63) is 27.7 Å². The smallest absolute Gasteiger partial charge is 0.123 e. The molecule has 1 heterocycles. The highest BCUT2D eigenvalue weighted by Gasteiger charge is 2.33. The molecule has 16 heavy (non-hydrogen) atoms. The van der Waals surface area contributed by atoms with Crippen molar-refractivity contribution in [2.75, 3.05) is 6.54 Å². The number of phenolic OH excluding ortho intramolecular Hbond substituents is 1. The Bertz CT molecular complexity index is 397. The topological polar surface area (TPSA) is 32.3 Å². The van der Waals surface area contributed by atoms with Gasteiger partial charge in [-0.1, -0.05) is 22.9 Å². The van der Waals surface area contributed by atoms with Crippen LogP contribution in [0, 0.1) is 0 Å². The maximum Gasteiger partial charge on any atom is 0.123 e. The molecule has 1 saturated heterocycles. The minimum atomic E-state index is -0.0716. The first-order valence-corrected chi connectivity index (χ1v) is 6.63. The van der Waals surface area contributed by atoms with Crippen LogP contribution >= 0.6 is 15.9 Å². The summed E-state index contributed by atoms with van der Waals surface area (Å²) >= 11 is 3.52.